The summed E-state index contributed by atoms with van der Waals surface area (Å²) in [5.41, 5.74) is 2.34. The lowest BCUT2D eigenvalue weighted by atomic mass is 10.0. The molecule has 0 aliphatic heterocycles. The molecule has 2 rings (SSSR count). The molecule has 3 nitrogen and oxygen atoms in total. The molecule has 0 aromatic heterocycles. The zero-order valence-corrected chi connectivity index (χ0v) is 11.0. The van der Waals surface area contributed by atoms with Crippen molar-refractivity contribution >= 4 is 18.1 Å². The molecular weight excluding hydrogens is 252 g/mol. The minimum absolute atomic E-state index is 0.0473. The highest BCUT2D eigenvalue weighted by molar-refractivity contribution is 6.09. The van der Waals surface area contributed by atoms with Crippen LogP contribution in [-0.2, 0) is 0 Å². The maximum absolute atomic E-state index is 12.1. The second-order valence-corrected chi connectivity index (χ2v) is 4.46. The van der Waals surface area contributed by atoms with E-state index < -0.39 is 0 Å². The summed E-state index contributed by atoms with van der Waals surface area (Å²) in [5.74, 6) is -0.346. The minimum atomic E-state index is -0.299. The lowest BCUT2D eigenvalue weighted by Gasteiger charge is -2.02. The number of carbonyl (C=O) groups is 2. The normalized spacial score (nSPS) is 10.7. The molecule has 0 fully saturated rings. The summed E-state index contributed by atoms with van der Waals surface area (Å²) in [6.07, 6.45) is 3.68. The molecule has 0 unspecified atom stereocenters. The Morgan fingerprint density at radius 1 is 1.10 bits per heavy atom. The van der Waals surface area contributed by atoms with Gasteiger partial charge in [0.25, 0.3) is 0 Å². The van der Waals surface area contributed by atoms with Crippen LogP contribution in [0.2, 0.25) is 0 Å². The summed E-state index contributed by atoms with van der Waals surface area (Å²) in [4.78, 5) is 22.9. The number of hydrogen-bond acceptors (Lipinski definition) is 3. The van der Waals surface area contributed by atoms with Crippen LogP contribution in [0.3, 0.4) is 0 Å². The molecule has 0 heterocycles. The topological polar surface area (TPSA) is 54.4 Å². The van der Waals surface area contributed by atoms with E-state index in [1.807, 2.05) is 6.92 Å². The molecule has 0 saturated heterocycles. The molecule has 2 aromatic rings. The van der Waals surface area contributed by atoms with E-state index in [4.69, 9.17) is 0 Å². The van der Waals surface area contributed by atoms with Crippen molar-refractivity contribution in [2.45, 2.75) is 6.92 Å². The number of rotatable bonds is 4. The van der Waals surface area contributed by atoms with Crippen molar-refractivity contribution in [2.24, 2.45) is 0 Å². The van der Waals surface area contributed by atoms with Gasteiger partial charge in [-0.15, -0.1) is 0 Å². The lowest BCUT2D eigenvalue weighted by molar-refractivity contribution is 0.104. The fraction of sp³-hybridized carbons (Fsp3) is 0.0588. The van der Waals surface area contributed by atoms with Crippen LogP contribution in [0.4, 0.5) is 0 Å². The number of phenols is 1. The molecule has 100 valence electrons. The molecule has 20 heavy (non-hydrogen) atoms. The molecule has 0 atom stereocenters. The summed E-state index contributed by atoms with van der Waals surface area (Å²) in [7, 11) is 0. The van der Waals surface area contributed by atoms with Gasteiger partial charge in [0.15, 0.2) is 12.1 Å². The van der Waals surface area contributed by atoms with E-state index in [2.05, 4.69) is 0 Å². The van der Waals surface area contributed by atoms with Gasteiger partial charge < -0.3 is 5.11 Å². The van der Waals surface area contributed by atoms with Crippen molar-refractivity contribution in [1.29, 1.82) is 0 Å². The fourth-order valence-corrected chi connectivity index (χ4v) is 1.87. The summed E-state index contributed by atoms with van der Waals surface area (Å²) in [5, 5.41) is 9.69. The van der Waals surface area contributed by atoms with Gasteiger partial charge in [0.1, 0.15) is 5.75 Å². The number of benzene rings is 2. The van der Waals surface area contributed by atoms with Gasteiger partial charge in [0.2, 0.25) is 0 Å². The fourth-order valence-electron chi connectivity index (χ4n) is 1.87. The summed E-state index contributed by atoms with van der Waals surface area (Å²) in [6.45, 7) is 1.85. The molecule has 2 aromatic carbocycles. The van der Waals surface area contributed by atoms with Crippen LogP contribution in [0.15, 0.2) is 48.5 Å². The predicted molar refractivity (Wildman–Crippen MR) is 78.0 cm³/mol. The summed E-state index contributed by atoms with van der Waals surface area (Å²) >= 11 is 0. The smallest absolute Gasteiger partial charge is 0.189 e. The van der Waals surface area contributed by atoms with Crippen molar-refractivity contribution in [3.8, 4) is 5.75 Å². The molecule has 0 amide bonds. The van der Waals surface area contributed by atoms with Gasteiger partial charge in [-0.05, 0) is 30.7 Å². The van der Waals surface area contributed by atoms with E-state index in [1.54, 1.807) is 42.5 Å². The number of allylic oxidation sites excluding steroid dienone is 1. The van der Waals surface area contributed by atoms with Crippen molar-refractivity contribution < 1.29 is 14.7 Å². The Morgan fingerprint density at radius 3 is 2.50 bits per heavy atom. The van der Waals surface area contributed by atoms with Crippen LogP contribution in [-0.4, -0.2) is 17.2 Å². The average molecular weight is 266 g/mol. The molecule has 3 heteroatoms. The molecule has 0 bridgehead atoms. The van der Waals surface area contributed by atoms with Gasteiger partial charge in [-0.1, -0.05) is 42.0 Å². The van der Waals surface area contributed by atoms with Crippen LogP contribution in [0.1, 0.15) is 31.8 Å². The van der Waals surface area contributed by atoms with Gasteiger partial charge in [-0.2, -0.15) is 0 Å². The van der Waals surface area contributed by atoms with Gasteiger partial charge in [0, 0.05) is 5.56 Å². The first-order valence-electron chi connectivity index (χ1n) is 6.18. The second kappa shape index (κ2) is 5.97. The van der Waals surface area contributed by atoms with E-state index in [0.717, 1.165) is 11.8 Å². The van der Waals surface area contributed by atoms with Crippen molar-refractivity contribution in [3.05, 3.63) is 70.8 Å². The van der Waals surface area contributed by atoms with E-state index in [1.165, 1.54) is 12.1 Å². The molecule has 0 radical (unpaired) electrons. The van der Waals surface area contributed by atoms with Crippen LogP contribution in [0.5, 0.6) is 5.75 Å². The number of aldehydes is 1. The van der Waals surface area contributed by atoms with Gasteiger partial charge in [-0.25, -0.2) is 0 Å². The third-order valence-electron chi connectivity index (χ3n) is 2.95. The first kappa shape index (κ1) is 13.7. The average Bonchev–Trinajstić information content (AvgIpc) is 2.47. The van der Waals surface area contributed by atoms with Crippen molar-refractivity contribution in [3.63, 3.8) is 0 Å². The van der Waals surface area contributed by atoms with Crippen LogP contribution in [0, 0.1) is 6.92 Å². The largest absolute Gasteiger partial charge is 0.507 e. The highest BCUT2D eigenvalue weighted by Gasteiger charge is 2.08. The summed E-state index contributed by atoms with van der Waals surface area (Å²) in [6, 6.07) is 11.8. The lowest BCUT2D eigenvalue weighted by Crippen LogP contribution is -1.96. The highest BCUT2D eigenvalue weighted by Crippen LogP contribution is 2.19. The van der Waals surface area contributed by atoms with Crippen LogP contribution in [0.25, 0.3) is 6.08 Å². The van der Waals surface area contributed by atoms with Crippen LogP contribution < -0.4 is 0 Å². The Balaban J connectivity index is 2.29. The van der Waals surface area contributed by atoms with Crippen molar-refractivity contribution in [1.82, 2.24) is 0 Å². The first-order chi connectivity index (χ1) is 9.61. The Labute approximate surface area is 117 Å². The molecule has 0 saturated carbocycles. The zero-order chi connectivity index (χ0) is 14.5. The quantitative estimate of drug-likeness (QED) is 0.524. The molecule has 1 N–H and O–H groups in total. The highest BCUT2D eigenvalue weighted by atomic mass is 16.3. The maximum Gasteiger partial charge on any atom is 0.189 e. The Kier molecular flexibility index (Phi) is 4.11. The standard InChI is InChI=1S/C17H14O3/c1-12-6-8-16(19)15(10-12)17(20)9-7-13-4-2-3-5-14(13)11-18/h2-11,19H,1H3/b9-7+. The molecular formula is C17H14O3. The third kappa shape index (κ3) is 3.01. The number of hydrogen-bond donors (Lipinski definition) is 1. The van der Waals surface area contributed by atoms with Crippen LogP contribution >= 0.6 is 0 Å². The number of aryl methyl sites for hydroxylation is 1. The van der Waals surface area contributed by atoms with Gasteiger partial charge in [0.05, 0.1) is 5.56 Å². The number of ketones is 1. The number of phenolic OH excluding ortho intramolecular Hbond substituents is 1. The zero-order valence-electron chi connectivity index (χ0n) is 11.0. The number of carbonyl (C=O) groups excluding carboxylic acids is 2. The molecule has 0 spiro atoms. The van der Waals surface area contributed by atoms with Gasteiger partial charge >= 0.3 is 0 Å². The summed E-state index contributed by atoms with van der Waals surface area (Å²) < 4.78 is 0. The van der Waals surface area contributed by atoms with Gasteiger partial charge in [-0.3, -0.25) is 9.59 Å². The van der Waals surface area contributed by atoms with E-state index in [0.29, 0.717) is 11.1 Å². The maximum atomic E-state index is 12.1. The predicted octanol–water partition coefficient (Wildman–Crippen LogP) is 3.41. The van der Waals surface area contributed by atoms with E-state index in [9.17, 15) is 14.7 Å². The Morgan fingerprint density at radius 2 is 1.80 bits per heavy atom. The minimum Gasteiger partial charge on any atom is -0.507 e. The Bertz CT molecular complexity index is 684. The molecule has 0 aliphatic carbocycles. The first-order valence-corrected chi connectivity index (χ1v) is 6.18. The SMILES string of the molecule is Cc1ccc(O)c(C(=O)/C=C/c2ccccc2C=O)c1. The van der Waals surface area contributed by atoms with E-state index >= 15 is 0 Å². The Hall–Kier alpha value is -2.68. The monoisotopic (exact) mass is 266 g/mol. The third-order valence-corrected chi connectivity index (χ3v) is 2.95. The molecule has 0 aliphatic rings. The van der Waals surface area contributed by atoms with E-state index in [-0.39, 0.29) is 17.1 Å². The van der Waals surface area contributed by atoms with Crippen molar-refractivity contribution in [2.75, 3.05) is 0 Å². The second-order valence-electron chi connectivity index (χ2n) is 4.46. The number of aromatic hydroxyl groups is 1.